The topological polar surface area (TPSA) is 63.1 Å². The predicted molar refractivity (Wildman–Crippen MR) is 65.3 cm³/mol. The lowest BCUT2D eigenvalue weighted by Crippen LogP contribution is -3.19. The number of morpholine rings is 1. The molecule has 2 heterocycles. The molecule has 3 atom stereocenters. The Bertz CT molecular complexity index is 337. The molecule has 0 unspecified atom stereocenters. The number of rotatable bonds is 2. The zero-order valence-electron chi connectivity index (χ0n) is 11.2. The summed E-state index contributed by atoms with van der Waals surface area (Å²) in [7, 11) is 0. The minimum Gasteiger partial charge on any atom is -0.364 e. The van der Waals surface area contributed by atoms with Gasteiger partial charge in [0.1, 0.15) is 25.3 Å². The molecule has 2 aliphatic rings. The fourth-order valence-corrected chi connectivity index (χ4v) is 2.76. The van der Waals surface area contributed by atoms with Crippen LogP contribution in [0.2, 0.25) is 0 Å². The van der Waals surface area contributed by atoms with Crippen LogP contribution in [0.3, 0.4) is 0 Å². The number of nitrogens with one attached hydrogen (secondary N) is 2. The van der Waals surface area contributed by atoms with E-state index in [2.05, 4.69) is 5.32 Å². The van der Waals surface area contributed by atoms with Gasteiger partial charge in [0, 0.05) is 13.1 Å². The van der Waals surface area contributed by atoms with Crippen molar-refractivity contribution in [2.24, 2.45) is 0 Å². The van der Waals surface area contributed by atoms with Crippen LogP contribution in [0.25, 0.3) is 0 Å². The van der Waals surface area contributed by atoms with E-state index in [9.17, 15) is 9.59 Å². The minimum atomic E-state index is -0.263. The van der Waals surface area contributed by atoms with E-state index >= 15 is 0 Å². The summed E-state index contributed by atoms with van der Waals surface area (Å²) in [4.78, 5) is 26.3. The van der Waals surface area contributed by atoms with Crippen LogP contribution in [0.4, 0.5) is 4.79 Å². The Labute approximate surface area is 107 Å². The van der Waals surface area contributed by atoms with E-state index in [1.807, 2.05) is 20.8 Å². The second kappa shape index (κ2) is 5.24. The van der Waals surface area contributed by atoms with Gasteiger partial charge in [0.25, 0.3) is 5.91 Å². The number of hydrogen-bond acceptors (Lipinski definition) is 3. The van der Waals surface area contributed by atoms with E-state index in [1.165, 1.54) is 9.80 Å². The summed E-state index contributed by atoms with van der Waals surface area (Å²) in [6, 6.07) is -0.455. The average molecular weight is 256 g/mol. The van der Waals surface area contributed by atoms with E-state index in [0.717, 1.165) is 13.1 Å². The molecule has 3 amide bonds. The van der Waals surface area contributed by atoms with Crippen LogP contribution in [0.1, 0.15) is 20.8 Å². The zero-order valence-corrected chi connectivity index (χ0v) is 11.2. The molecule has 0 radical (unpaired) electrons. The van der Waals surface area contributed by atoms with Gasteiger partial charge >= 0.3 is 6.03 Å². The van der Waals surface area contributed by atoms with Crippen molar-refractivity contribution in [1.29, 1.82) is 0 Å². The Kier molecular flexibility index (Phi) is 3.87. The number of quaternary nitrogens is 1. The van der Waals surface area contributed by atoms with Gasteiger partial charge in [-0.3, -0.25) is 9.69 Å². The first-order valence-corrected chi connectivity index (χ1v) is 6.58. The van der Waals surface area contributed by atoms with Gasteiger partial charge in [-0.2, -0.15) is 0 Å². The molecule has 18 heavy (non-hydrogen) atoms. The highest BCUT2D eigenvalue weighted by Crippen LogP contribution is 2.03. The van der Waals surface area contributed by atoms with Gasteiger partial charge in [0.05, 0.1) is 0 Å². The monoisotopic (exact) mass is 256 g/mol. The Hall–Kier alpha value is -1.14. The standard InChI is InChI=1S/C12H21N3O3/c1-8-6-14(7-9(2)18-8)10(3)11(16)15-5-4-13-12(15)17/h8-10H,4-7H2,1-3H3,(H,13,17)/p+1/t8-,9-,10+/m1/s1. The van der Waals surface area contributed by atoms with Crippen molar-refractivity contribution in [3.8, 4) is 0 Å². The Morgan fingerprint density at radius 2 is 2.06 bits per heavy atom. The number of hydrogen-bond donors (Lipinski definition) is 2. The first kappa shape index (κ1) is 13.3. The van der Waals surface area contributed by atoms with Gasteiger partial charge in [-0.25, -0.2) is 4.79 Å². The fourth-order valence-electron chi connectivity index (χ4n) is 2.76. The highest BCUT2D eigenvalue weighted by molar-refractivity contribution is 5.97. The molecule has 2 saturated heterocycles. The van der Waals surface area contributed by atoms with Crippen molar-refractivity contribution in [2.75, 3.05) is 26.2 Å². The fraction of sp³-hybridized carbons (Fsp3) is 0.833. The lowest BCUT2D eigenvalue weighted by molar-refractivity contribution is -0.928. The molecule has 0 aromatic rings. The number of urea groups is 1. The summed E-state index contributed by atoms with van der Waals surface area (Å²) < 4.78 is 5.67. The van der Waals surface area contributed by atoms with E-state index in [4.69, 9.17) is 4.74 Å². The Morgan fingerprint density at radius 3 is 2.56 bits per heavy atom. The van der Waals surface area contributed by atoms with Crippen LogP contribution in [0, 0.1) is 0 Å². The molecule has 0 aromatic heterocycles. The van der Waals surface area contributed by atoms with Crippen LogP contribution in [0.5, 0.6) is 0 Å². The molecule has 6 nitrogen and oxygen atoms in total. The second-order valence-corrected chi connectivity index (χ2v) is 5.27. The van der Waals surface area contributed by atoms with Gasteiger partial charge < -0.3 is 15.0 Å². The first-order chi connectivity index (χ1) is 8.49. The molecule has 6 heteroatoms. The normalized spacial score (nSPS) is 34.3. The molecule has 102 valence electrons. The van der Waals surface area contributed by atoms with Crippen LogP contribution < -0.4 is 10.2 Å². The van der Waals surface area contributed by atoms with Crippen LogP contribution >= 0.6 is 0 Å². The maximum absolute atomic E-state index is 12.3. The second-order valence-electron chi connectivity index (χ2n) is 5.27. The number of nitrogens with zero attached hydrogens (tertiary/aromatic N) is 1. The van der Waals surface area contributed by atoms with E-state index in [0.29, 0.717) is 13.1 Å². The van der Waals surface area contributed by atoms with Gasteiger partial charge in [-0.05, 0) is 20.8 Å². The van der Waals surface area contributed by atoms with Crippen LogP contribution in [-0.2, 0) is 9.53 Å². The summed E-state index contributed by atoms with van der Waals surface area (Å²) >= 11 is 0. The van der Waals surface area contributed by atoms with Crippen LogP contribution in [0.15, 0.2) is 0 Å². The molecule has 0 saturated carbocycles. The largest absolute Gasteiger partial charge is 0.364 e. The number of carbonyl (C=O) groups excluding carboxylic acids is 2. The third-order valence-electron chi connectivity index (χ3n) is 3.67. The molecule has 2 rings (SSSR count). The molecule has 2 fully saturated rings. The van der Waals surface area contributed by atoms with Crippen LogP contribution in [-0.4, -0.2) is 61.3 Å². The van der Waals surface area contributed by atoms with Gasteiger partial charge in [-0.1, -0.05) is 0 Å². The smallest absolute Gasteiger partial charge is 0.324 e. The first-order valence-electron chi connectivity index (χ1n) is 6.58. The zero-order chi connectivity index (χ0) is 13.3. The predicted octanol–water partition coefficient (Wildman–Crippen LogP) is -1.38. The number of amides is 3. The van der Waals surface area contributed by atoms with Gasteiger partial charge in [-0.15, -0.1) is 0 Å². The van der Waals surface area contributed by atoms with E-state index in [-0.39, 0.29) is 30.2 Å². The average Bonchev–Trinajstić information content (AvgIpc) is 2.72. The molecular weight excluding hydrogens is 234 g/mol. The lowest BCUT2D eigenvalue weighted by atomic mass is 10.1. The van der Waals surface area contributed by atoms with E-state index in [1.54, 1.807) is 0 Å². The SMILES string of the molecule is C[C@@H]1C[NH+]([C@@H](C)C(=O)N2CCNC2=O)C[C@@H](C)O1. The molecule has 2 N–H and O–H groups in total. The lowest BCUT2D eigenvalue weighted by Gasteiger charge is -2.36. The molecule has 2 aliphatic heterocycles. The summed E-state index contributed by atoms with van der Waals surface area (Å²) in [5.41, 5.74) is 0. The minimum absolute atomic E-state index is 0.0821. The highest BCUT2D eigenvalue weighted by Gasteiger charge is 2.38. The number of carbonyl (C=O) groups is 2. The maximum atomic E-state index is 12.3. The number of ether oxygens (including phenoxy) is 1. The van der Waals surface area contributed by atoms with Gasteiger partial charge in [0.15, 0.2) is 6.04 Å². The summed E-state index contributed by atoms with van der Waals surface area (Å²) in [5.74, 6) is -0.0821. The van der Waals surface area contributed by atoms with E-state index < -0.39 is 0 Å². The quantitative estimate of drug-likeness (QED) is 0.640. The summed E-state index contributed by atoms with van der Waals surface area (Å²) in [5, 5.41) is 2.66. The van der Waals surface area contributed by atoms with Crippen molar-refractivity contribution in [3.63, 3.8) is 0 Å². The molecule has 0 bridgehead atoms. The molecule has 0 aliphatic carbocycles. The third-order valence-corrected chi connectivity index (χ3v) is 3.67. The Balaban J connectivity index is 1.99. The number of imide groups is 1. The van der Waals surface area contributed by atoms with Gasteiger partial charge in [0.2, 0.25) is 0 Å². The van der Waals surface area contributed by atoms with Crippen molar-refractivity contribution in [3.05, 3.63) is 0 Å². The third kappa shape index (κ3) is 2.64. The Morgan fingerprint density at radius 1 is 1.44 bits per heavy atom. The molecular formula is C12H22N3O3+. The highest BCUT2D eigenvalue weighted by atomic mass is 16.5. The molecule has 0 spiro atoms. The molecule has 0 aromatic carbocycles. The summed E-state index contributed by atoms with van der Waals surface area (Å²) in [6.45, 7) is 8.61. The van der Waals surface area contributed by atoms with Crippen molar-refractivity contribution < 1.29 is 19.2 Å². The maximum Gasteiger partial charge on any atom is 0.324 e. The van der Waals surface area contributed by atoms with Crippen molar-refractivity contribution >= 4 is 11.9 Å². The van der Waals surface area contributed by atoms with Crippen molar-refractivity contribution in [2.45, 2.75) is 39.0 Å². The van der Waals surface area contributed by atoms with Crippen molar-refractivity contribution in [1.82, 2.24) is 10.2 Å². The summed E-state index contributed by atoms with van der Waals surface area (Å²) in [6.07, 6.45) is 0.317.